The molecule has 4 heteroatoms. The van der Waals surface area contributed by atoms with E-state index in [-0.39, 0.29) is 24.0 Å². The van der Waals surface area contributed by atoms with Crippen molar-refractivity contribution in [1.29, 1.82) is 0 Å². The average molecular weight is 406 g/mol. The predicted molar refractivity (Wildman–Crippen MR) is 119 cm³/mol. The fraction of sp³-hybridized carbons (Fsp3) is 0.800. The Kier molecular flexibility index (Phi) is 10.4. The van der Waals surface area contributed by atoms with Gasteiger partial charge in [-0.15, -0.1) is 0 Å². The maximum atomic E-state index is 12.1. The summed E-state index contributed by atoms with van der Waals surface area (Å²) in [7, 11) is 0. The molecule has 0 heterocycles. The van der Waals surface area contributed by atoms with Gasteiger partial charge in [-0.2, -0.15) is 0 Å². The van der Waals surface area contributed by atoms with Gasteiger partial charge >= 0.3 is 0 Å². The number of allylic oxidation sites excluding steroid dienone is 2. The summed E-state index contributed by atoms with van der Waals surface area (Å²) in [4.78, 5) is 14.0. The van der Waals surface area contributed by atoms with Crippen molar-refractivity contribution < 1.29 is 15.0 Å². The summed E-state index contributed by atoms with van der Waals surface area (Å²) in [6, 6.07) is 0. The molecule has 0 aromatic carbocycles. The van der Waals surface area contributed by atoms with Crippen molar-refractivity contribution in [2.24, 2.45) is 17.8 Å². The van der Waals surface area contributed by atoms with Gasteiger partial charge in [0.25, 0.3) is 0 Å². The van der Waals surface area contributed by atoms with E-state index in [1.165, 1.54) is 12.0 Å². The van der Waals surface area contributed by atoms with Crippen molar-refractivity contribution in [2.75, 3.05) is 13.1 Å². The smallest absolute Gasteiger partial charge is 0.222 e. The number of carbonyl (C=O) groups is 1. The Morgan fingerprint density at radius 2 is 1.97 bits per heavy atom. The molecule has 1 saturated carbocycles. The lowest BCUT2D eigenvalue weighted by atomic mass is 9.88. The van der Waals surface area contributed by atoms with E-state index in [1.54, 1.807) is 0 Å². The molecule has 0 bridgehead atoms. The summed E-state index contributed by atoms with van der Waals surface area (Å²) in [5.41, 5.74) is 1.50. The highest BCUT2D eigenvalue weighted by Gasteiger charge is 2.43. The van der Waals surface area contributed by atoms with Crippen LogP contribution in [-0.2, 0) is 4.79 Å². The van der Waals surface area contributed by atoms with Gasteiger partial charge in [0.2, 0.25) is 5.91 Å². The normalized spacial score (nSPS) is 27.3. The average Bonchev–Trinajstić information content (AvgIpc) is 3.21. The molecule has 2 aliphatic rings. The van der Waals surface area contributed by atoms with Gasteiger partial charge in [-0.3, -0.25) is 4.79 Å². The number of rotatable bonds is 13. The lowest BCUT2D eigenvalue weighted by Gasteiger charge is -2.19. The zero-order chi connectivity index (χ0) is 21.2. The number of aliphatic hydroxyl groups excluding tert-OH is 2. The fourth-order valence-corrected chi connectivity index (χ4v) is 5.11. The Balaban J connectivity index is 1.74. The monoisotopic (exact) mass is 405 g/mol. The molecule has 5 atom stereocenters. The molecular formula is C25H43NO3. The highest BCUT2D eigenvalue weighted by Crippen LogP contribution is 2.48. The van der Waals surface area contributed by atoms with Crippen molar-refractivity contribution >= 4 is 5.91 Å². The first kappa shape index (κ1) is 24.1. The number of fused-ring (bicyclic) bond motifs is 1. The van der Waals surface area contributed by atoms with Gasteiger partial charge in [0.05, 0.1) is 12.2 Å². The maximum Gasteiger partial charge on any atom is 0.222 e. The third-order valence-corrected chi connectivity index (χ3v) is 6.86. The zero-order valence-corrected chi connectivity index (χ0v) is 18.9. The second kappa shape index (κ2) is 12.5. The maximum absolute atomic E-state index is 12.1. The highest BCUT2D eigenvalue weighted by molar-refractivity contribution is 5.76. The summed E-state index contributed by atoms with van der Waals surface area (Å²) in [6.07, 6.45) is 15.6. The second-order valence-electron chi connectivity index (χ2n) is 8.96. The molecule has 2 rings (SSSR count). The standard InChI is InChI=1S/C25H43NO3/c1-4-7-8-12-21(27)14-15-22-23-17-19(16-20(23)18-24(22)28)11-9-10-13-25(29)26(5-2)6-3/h14-16,20-24,27-28H,4-13,17-18H2,1-3H3/t20-,21+,22+,23-,24+/m0/s1. The number of carbonyl (C=O) groups excluding carboxylic acids is 1. The molecule has 166 valence electrons. The van der Waals surface area contributed by atoms with E-state index in [0.29, 0.717) is 18.3 Å². The van der Waals surface area contributed by atoms with Crippen molar-refractivity contribution in [3.8, 4) is 0 Å². The van der Waals surface area contributed by atoms with Gasteiger partial charge < -0.3 is 15.1 Å². The van der Waals surface area contributed by atoms with Gasteiger partial charge in [0, 0.05) is 25.4 Å². The zero-order valence-electron chi connectivity index (χ0n) is 18.9. The van der Waals surface area contributed by atoms with Crippen LogP contribution in [0.15, 0.2) is 23.8 Å². The molecule has 0 unspecified atom stereocenters. The van der Waals surface area contributed by atoms with Crippen molar-refractivity contribution in [3.63, 3.8) is 0 Å². The summed E-state index contributed by atoms with van der Waals surface area (Å²) in [5, 5.41) is 20.6. The van der Waals surface area contributed by atoms with Crippen LogP contribution < -0.4 is 0 Å². The summed E-state index contributed by atoms with van der Waals surface area (Å²) < 4.78 is 0. The lowest BCUT2D eigenvalue weighted by molar-refractivity contribution is -0.130. The van der Waals surface area contributed by atoms with Gasteiger partial charge in [0.1, 0.15) is 0 Å². The molecule has 2 aliphatic carbocycles. The Morgan fingerprint density at radius 1 is 1.21 bits per heavy atom. The minimum atomic E-state index is -0.384. The highest BCUT2D eigenvalue weighted by atomic mass is 16.3. The van der Waals surface area contributed by atoms with Crippen LogP contribution in [0.1, 0.15) is 85.0 Å². The third-order valence-electron chi connectivity index (χ3n) is 6.86. The first-order valence-electron chi connectivity index (χ1n) is 12.0. The SMILES string of the molecule is CCCCC[C@@H](O)C=C[C@@H]1[C@H]2CC(CCCCC(=O)N(CC)CC)=C[C@H]2C[C@H]1O. The van der Waals surface area contributed by atoms with E-state index in [2.05, 4.69) is 19.1 Å². The minimum Gasteiger partial charge on any atom is -0.392 e. The molecule has 0 radical (unpaired) electrons. The minimum absolute atomic E-state index is 0.166. The Morgan fingerprint density at radius 3 is 2.66 bits per heavy atom. The molecule has 0 saturated heterocycles. The topological polar surface area (TPSA) is 60.8 Å². The number of nitrogens with zero attached hydrogens (tertiary/aromatic N) is 1. The lowest BCUT2D eigenvalue weighted by Crippen LogP contribution is -2.30. The number of hydrogen-bond acceptors (Lipinski definition) is 3. The molecule has 0 aliphatic heterocycles. The number of amides is 1. The Labute approximate surface area is 178 Å². The largest absolute Gasteiger partial charge is 0.392 e. The number of aliphatic hydroxyl groups is 2. The van der Waals surface area contributed by atoms with E-state index >= 15 is 0 Å². The molecule has 0 aromatic rings. The summed E-state index contributed by atoms with van der Waals surface area (Å²) in [6.45, 7) is 7.84. The van der Waals surface area contributed by atoms with E-state index < -0.39 is 0 Å². The van der Waals surface area contributed by atoms with E-state index in [0.717, 1.165) is 64.5 Å². The molecule has 2 N–H and O–H groups in total. The Bertz CT molecular complexity index is 552. The molecule has 29 heavy (non-hydrogen) atoms. The van der Waals surface area contributed by atoms with Crippen LogP contribution in [0.4, 0.5) is 0 Å². The third kappa shape index (κ3) is 7.25. The quantitative estimate of drug-likeness (QED) is 0.340. The van der Waals surface area contributed by atoms with Crippen molar-refractivity contribution in [2.45, 2.75) is 97.2 Å². The van der Waals surface area contributed by atoms with Crippen LogP contribution in [0.2, 0.25) is 0 Å². The van der Waals surface area contributed by atoms with Crippen LogP contribution in [-0.4, -0.2) is 46.3 Å². The van der Waals surface area contributed by atoms with Crippen LogP contribution in [0.3, 0.4) is 0 Å². The van der Waals surface area contributed by atoms with Crippen LogP contribution in [0.25, 0.3) is 0 Å². The van der Waals surface area contributed by atoms with Crippen LogP contribution in [0, 0.1) is 17.8 Å². The molecule has 0 spiro atoms. The molecule has 0 aromatic heterocycles. The molecule has 1 amide bonds. The van der Waals surface area contributed by atoms with Gasteiger partial charge in [-0.25, -0.2) is 0 Å². The molecule has 4 nitrogen and oxygen atoms in total. The van der Waals surface area contributed by atoms with E-state index in [1.807, 2.05) is 24.8 Å². The van der Waals surface area contributed by atoms with Crippen molar-refractivity contribution in [3.05, 3.63) is 23.8 Å². The van der Waals surface area contributed by atoms with E-state index in [4.69, 9.17) is 0 Å². The van der Waals surface area contributed by atoms with Gasteiger partial charge in [-0.1, -0.05) is 50.0 Å². The number of hydrogen-bond donors (Lipinski definition) is 2. The van der Waals surface area contributed by atoms with Crippen molar-refractivity contribution in [1.82, 2.24) is 4.90 Å². The van der Waals surface area contributed by atoms with Crippen LogP contribution >= 0.6 is 0 Å². The summed E-state index contributed by atoms with van der Waals surface area (Å²) >= 11 is 0. The van der Waals surface area contributed by atoms with E-state index in [9.17, 15) is 15.0 Å². The molecule has 1 fully saturated rings. The Hall–Kier alpha value is -1.13. The van der Waals surface area contributed by atoms with Crippen LogP contribution in [0.5, 0.6) is 0 Å². The first-order valence-corrected chi connectivity index (χ1v) is 12.0. The fourth-order valence-electron chi connectivity index (χ4n) is 5.11. The second-order valence-corrected chi connectivity index (χ2v) is 8.96. The summed E-state index contributed by atoms with van der Waals surface area (Å²) in [5.74, 6) is 1.40. The number of unbranched alkanes of at least 4 members (excludes halogenated alkanes) is 3. The van der Waals surface area contributed by atoms with Gasteiger partial charge in [0.15, 0.2) is 0 Å². The first-order chi connectivity index (χ1) is 14.0. The molecular weight excluding hydrogens is 362 g/mol. The van der Waals surface area contributed by atoms with Gasteiger partial charge in [-0.05, 0) is 64.2 Å². The predicted octanol–water partition coefficient (Wildman–Crippen LogP) is 4.86.